The Morgan fingerprint density at radius 2 is 1.50 bits per heavy atom. The second-order valence-corrected chi connectivity index (χ2v) is 6.59. The average molecular weight is 261 g/mol. The zero-order valence-electron chi connectivity index (χ0n) is 8.19. The third kappa shape index (κ3) is 22.8. The van der Waals surface area contributed by atoms with E-state index in [0.29, 0.717) is 0 Å². The molecule has 2 unspecified atom stereocenters. The molecular weight excluding hydrogens is 246 g/mol. The molecule has 2 atom stereocenters. The molecule has 0 aromatic heterocycles. The first-order valence-corrected chi connectivity index (χ1v) is 7.30. The lowest BCUT2D eigenvalue weighted by atomic mass is 10.3. The SMILES string of the molecule is C=CC(C)OC(C)C=C.O=P(O)(Cl)Cl. The molecule has 0 spiro atoms. The summed E-state index contributed by atoms with van der Waals surface area (Å²) in [5.41, 5.74) is 0. The first-order chi connectivity index (χ1) is 6.20. The summed E-state index contributed by atoms with van der Waals surface area (Å²) in [5, 5.41) is 0. The minimum atomic E-state index is -3.69. The van der Waals surface area contributed by atoms with Crippen LogP contribution in [-0.2, 0) is 9.30 Å². The van der Waals surface area contributed by atoms with E-state index < -0.39 is 6.07 Å². The molecule has 84 valence electrons. The largest absolute Gasteiger partial charge is 0.377 e. The summed E-state index contributed by atoms with van der Waals surface area (Å²) in [7, 11) is 0. The Morgan fingerprint density at radius 3 is 1.64 bits per heavy atom. The molecule has 3 nitrogen and oxygen atoms in total. The van der Waals surface area contributed by atoms with Crippen LogP contribution in [0, 0.1) is 0 Å². The molecule has 6 heteroatoms. The molecular formula is C8H15Cl2O3P. The van der Waals surface area contributed by atoms with Gasteiger partial charge in [-0.15, -0.1) is 13.2 Å². The van der Waals surface area contributed by atoms with Crippen molar-refractivity contribution < 1.29 is 14.2 Å². The summed E-state index contributed by atoms with van der Waals surface area (Å²) in [6.45, 7) is 11.1. The highest BCUT2D eigenvalue weighted by molar-refractivity contribution is 8.04. The van der Waals surface area contributed by atoms with E-state index >= 15 is 0 Å². The normalized spacial score (nSPS) is 14.6. The van der Waals surface area contributed by atoms with E-state index in [-0.39, 0.29) is 12.2 Å². The van der Waals surface area contributed by atoms with Crippen molar-refractivity contribution in [2.45, 2.75) is 26.1 Å². The molecule has 0 aromatic carbocycles. The summed E-state index contributed by atoms with van der Waals surface area (Å²) < 4.78 is 14.6. The second-order valence-electron chi connectivity index (χ2n) is 2.45. The van der Waals surface area contributed by atoms with E-state index in [1.54, 1.807) is 12.2 Å². The minimum absolute atomic E-state index is 0.123. The fourth-order valence-corrected chi connectivity index (χ4v) is 0.450. The summed E-state index contributed by atoms with van der Waals surface area (Å²) in [4.78, 5) is 7.61. The lowest BCUT2D eigenvalue weighted by Gasteiger charge is -2.11. The van der Waals surface area contributed by atoms with Gasteiger partial charge in [0, 0.05) is 0 Å². The Labute approximate surface area is 94.4 Å². The van der Waals surface area contributed by atoms with Crippen molar-refractivity contribution in [3.8, 4) is 0 Å². The van der Waals surface area contributed by atoms with Gasteiger partial charge in [-0.1, -0.05) is 12.2 Å². The van der Waals surface area contributed by atoms with Crippen molar-refractivity contribution in [3.63, 3.8) is 0 Å². The van der Waals surface area contributed by atoms with Crippen molar-refractivity contribution in [2.24, 2.45) is 0 Å². The maximum Gasteiger partial charge on any atom is 0.377 e. The van der Waals surface area contributed by atoms with Gasteiger partial charge in [0.2, 0.25) is 0 Å². The molecule has 0 bridgehead atoms. The second kappa shape index (κ2) is 8.51. The first kappa shape index (κ1) is 16.6. The minimum Gasteiger partial charge on any atom is -0.367 e. The highest BCUT2D eigenvalue weighted by atomic mass is 35.9. The molecule has 0 heterocycles. The van der Waals surface area contributed by atoms with Gasteiger partial charge in [0.15, 0.2) is 0 Å². The van der Waals surface area contributed by atoms with E-state index in [2.05, 4.69) is 35.6 Å². The van der Waals surface area contributed by atoms with Crippen LogP contribution in [0.3, 0.4) is 0 Å². The maximum absolute atomic E-state index is 9.30. The molecule has 0 aliphatic rings. The Hall–Kier alpha value is 0.210. The number of rotatable bonds is 4. The van der Waals surface area contributed by atoms with Gasteiger partial charge in [0.25, 0.3) is 0 Å². The van der Waals surface area contributed by atoms with Gasteiger partial charge in [0.05, 0.1) is 12.2 Å². The van der Waals surface area contributed by atoms with Crippen LogP contribution >= 0.6 is 28.6 Å². The van der Waals surface area contributed by atoms with Crippen molar-refractivity contribution in [2.75, 3.05) is 0 Å². The van der Waals surface area contributed by atoms with Crippen LogP contribution in [0.5, 0.6) is 0 Å². The highest BCUT2D eigenvalue weighted by Gasteiger charge is 2.02. The van der Waals surface area contributed by atoms with E-state index in [1.807, 2.05) is 13.8 Å². The fraction of sp³-hybridized carbons (Fsp3) is 0.500. The van der Waals surface area contributed by atoms with E-state index in [1.165, 1.54) is 0 Å². The number of ether oxygens (including phenoxy) is 1. The lowest BCUT2D eigenvalue weighted by Crippen LogP contribution is -2.11. The Bertz CT molecular complexity index is 194. The molecule has 0 amide bonds. The van der Waals surface area contributed by atoms with Crippen LogP contribution in [0.4, 0.5) is 0 Å². The molecule has 0 aliphatic carbocycles. The van der Waals surface area contributed by atoms with Gasteiger partial charge in [-0.2, -0.15) is 0 Å². The molecule has 0 fully saturated rings. The Morgan fingerprint density at radius 1 is 1.29 bits per heavy atom. The molecule has 0 rings (SSSR count). The molecule has 0 saturated carbocycles. The Kier molecular flexibility index (Phi) is 10.1. The summed E-state index contributed by atoms with van der Waals surface area (Å²) in [6.07, 6.45) is 0.0796. The molecule has 14 heavy (non-hydrogen) atoms. The van der Waals surface area contributed by atoms with Gasteiger partial charge in [-0.3, -0.25) is 4.57 Å². The van der Waals surface area contributed by atoms with Crippen molar-refractivity contribution >= 4 is 28.6 Å². The van der Waals surface area contributed by atoms with Gasteiger partial charge < -0.3 is 9.63 Å². The molecule has 0 radical (unpaired) electrons. The molecule has 0 aromatic rings. The zero-order valence-corrected chi connectivity index (χ0v) is 10.6. The monoisotopic (exact) mass is 260 g/mol. The van der Waals surface area contributed by atoms with Crippen molar-refractivity contribution in [1.29, 1.82) is 0 Å². The van der Waals surface area contributed by atoms with Gasteiger partial charge >= 0.3 is 6.07 Å². The number of hydrogen-bond acceptors (Lipinski definition) is 2. The third-order valence-electron chi connectivity index (χ3n) is 1.09. The summed E-state index contributed by atoms with van der Waals surface area (Å²) in [5.74, 6) is 0. The van der Waals surface area contributed by atoms with Crippen molar-refractivity contribution in [3.05, 3.63) is 25.3 Å². The highest BCUT2D eigenvalue weighted by Crippen LogP contribution is 2.51. The average Bonchev–Trinajstić information content (AvgIpc) is 2.01. The van der Waals surface area contributed by atoms with Crippen LogP contribution in [0.15, 0.2) is 25.3 Å². The van der Waals surface area contributed by atoms with Crippen LogP contribution in [0.2, 0.25) is 0 Å². The zero-order chi connectivity index (χ0) is 11.8. The summed E-state index contributed by atoms with van der Waals surface area (Å²) >= 11 is 8.81. The van der Waals surface area contributed by atoms with Crippen LogP contribution in [-0.4, -0.2) is 17.1 Å². The topological polar surface area (TPSA) is 46.5 Å². The summed E-state index contributed by atoms with van der Waals surface area (Å²) in [6, 6.07) is 0. The van der Waals surface area contributed by atoms with Crippen molar-refractivity contribution in [1.82, 2.24) is 0 Å². The molecule has 0 aliphatic heterocycles. The molecule has 1 N–H and O–H groups in total. The first-order valence-electron chi connectivity index (χ1n) is 3.83. The van der Waals surface area contributed by atoms with E-state index in [0.717, 1.165) is 0 Å². The van der Waals surface area contributed by atoms with E-state index in [9.17, 15) is 4.57 Å². The van der Waals surface area contributed by atoms with E-state index in [4.69, 9.17) is 9.63 Å². The van der Waals surface area contributed by atoms with Gasteiger partial charge in [-0.25, -0.2) is 0 Å². The maximum atomic E-state index is 9.30. The third-order valence-corrected chi connectivity index (χ3v) is 1.09. The van der Waals surface area contributed by atoms with Gasteiger partial charge in [-0.05, 0) is 36.3 Å². The predicted octanol–water partition coefficient (Wildman–Crippen LogP) is 3.72. The van der Waals surface area contributed by atoms with Crippen LogP contribution in [0.1, 0.15) is 13.8 Å². The lowest BCUT2D eigenvalue weighted by molar-refractivity contribution is 0.0635. The smallest absolute Gasteiger partial charge is 0.367 e. The predicted molar refractivity (Wildman–Crippen MR) is 61.9 cm³/mol. The molecule has 0 saturated heterocycles. The Balaban J connectivity index is 0. The number of halogens is 2. The van der Waals surface area contributed by atoms with Crippen LogP contribution < -0.4 is 0 Å². The van der Waals surface area contributed by atoms with Crippen LogP contribution in [0.25, 0.3) is 0 Å². The quantitative estimate of drug-likeness (QED) is 0.619. The van der Waals surface area contributed by atoms with Gasteiger partial charge in [0.1, 0.15) is 0 Å². The fourth-order valence-electron chi connectivity index (χ4n) is 0.450. The number of hydrogen-bond donors (Lipinski definition) is 1. The standard InChI is InChI=1S/C8H14O.Cl2HO2P/c1-5-7(3)9-8(4)6-2;1-5(2,3)4/h5-8H,1-2H2,3-4H3;(H,3,4).